The number of hydrogen-bond donors (Lipinski definition) is 0. The highest BCUT2D eigenvalue weighted by molar-refractivity contribution is 7.93. The quantitative estimate of drug-likeness (QED) is 0.616. The Kier molecular flexibility index (Phi) is 4.80. The van der Waals surface area contributed by atoms with Gasteiger partial charge in [0.15, 0.2) is 11.4 Å². The van der Waals surface area contributed by atoms with Gasteiger partial charge in [-0.25, -0.2) is 13.0 Å². The van der Waals surface area contributed by atoms with Gasteiger partial charge in [0.25, 0.3) is 0 Å². The van der Waals surface area contributed by atoms with Crippen molar-refractivity contribution < 1.29 is 17.7 Å². The fourth-order valence-electron chi connectivity index (χ4n) is 3.50. The number of sulfonamides is 1. The van der Waals surface area contributed by atoms with Crippen LogP contribution in [0.3, 0.4) is 0 Å². The van der Waals surface area contributed by atoms with Crippen molar-refractivity contribution in [2.75, 3.05) is 23.7 Å². The number of aromatic nitrogens is 3. The fourth-order valence-corrected chi connectivity index (χ4v) is 5.06. The summed E-state index contributed by atoms with van der Waals surface area (Å²) in [5, 5.41) is 0. The third kappa shape index (κ3) is 3.47. The van der Waals surface area contributed by atoms with Crippen LogP contribution < -0.4 is 13.6 Å². The average Bonchev–Trinajstić information content (AvgIpc) is 3.23. The number of rotatable bonds is 5. The zero-order valence-corrected chi connectivity index (χ0v) is 16.8. The van der Waals surface area contributed by atoms with Gasteiger partial charge in [-0.2, -0.15) is 4.57 Å². The number of methoxy groups -OCH3 is 1. The summed E-state index contributed by atoms with van der Waals surface area (Å²) < 4.78 is 35.6. The van der Waals surface area contributed by atoms with Crippen LogP contribution in [-0.2, 0) is 16.6 Å². The zero-order valence-electron chi connectivity index (χ0n) is 15.9. The fraction of sp³-hybridized carbons (Fsp3) is 0.300. The van der Waals surface area contributed by atoms with E-state index in [1.807, 2.05) is 54.5 Å². The molecule has 1 aromatic carbocycles. The summed E-state index contributed by atoms with van der Waals surface area (Å²) in [7, 11) is -1.62. The van der Waals surface area contributed by atoms with Crippen LogP contribution in [0.1, 0.15) is 17.7 Å². The molecule has 0 radical (unpaired) electrons. The normalized spacial score (nSPS) is 15.7. The lowest BCUT2D eigenvalue weighted by Crippen LogP contribution is -2.35. The average molecular weight is 399 g/mol. The Balaban J connectivity index is 1.67. The molecule has 2 aromatic heterocycles. The Hall–Kier alpha value is -2.87. The first-order valence-corrected chi connectivity index (χ1v) is 10.7. The van der Waals surface area contributed by atoms with Gasteiger partial charge in [0, 0.05) is 37.5 Å². The lowest BCUT2D eigenvalue weighted by molar-refractivity contribution is -0.693. The number of nitrogens with zero attached hydrogens (tertiary/aromatic N) is 4. The van der Waals surface area contributed by atoms with E-state index in [-0.39, 0.29) is 5.75 Å². The Labute approximate surface area is 164 Å². The highest BCUT2D eigenvalue weighted by Gasteiger charge is 2.29. The van der Waals surface area contributed by atoms with Crippen molar-refractivity contribution in [2.24, 2.45) is 0 Å². The maximum absolute atomic E-state index is 12.2. The third-order valence-electron chi connectivity index (χ3n) is 4.95. The van der Waals surface area contributed by atoms with E-state index < -0.39 is 10.0 Å². The lowest BCUT2D eigenvalue weighted by Gasteiger charge is -2.18. The van der Waals surface area contributed by atoms with E-state index in [1.165, 1.54) is 4.31 Å². The summed E-state index contributed by atoms with van der Waals surface area (Å²) >= 11 is 0. The van der Waals surface area contributed by atoms with Gasteiger partial charge >= 0.3 is 0 Å². The van der Waals surface area contributed by atoms with Crippen LogP contribution >= 0.6 is 0 Å². The van der Waals surface area contributed by atoms with Gasteiger partial charge in [0.1, 0.15) is 18.4 Å². The molecule has 7 nitrogen and oxygen atoms in total. The van der Waals surface area contributed by atoms with Crippen molar-refractivity contribution in [3.05, 3.63) is 66.5 Å². The molecule has 4 rings (SSSR count). The van der Waals surface area contributed by atoms with Gasteiger partial charge in [-0.15, -0.1) is 0 Å². The van der Waals surface area contributed by atoms with Crippen LogP contribution in [0.15, 0.2) is 55.2 Å². The number of imidazole rings is 1. The Morgan fingerprint density at radius 3 is 2.82 bits per heavy atom. The Morgan fingerprint density at radius 1 is 1.29 bits per heavy atom. The summed E-state index contributed by atoms with van der Waals surface area (Å²) in [5.74, 6) is 0.825. The maximum Gasteiger partial charge on any atom is 0.249 e. The number of anilines is 1. The molecule has 1 saturated heterocycles. The molecular formula is C20H23N4O3S+. The van der Waals surface area contributed by atoms with Crippen molar-refractivity contribution in [1.29, 1.82) is 0 Å². The summed E-state index contributed by atoms with van der Waals surface area (Å²) in [6, 6.07) is 9.50. The van der Waals surface area contributed by atoms with E-state index in [4.69, 9.17) is 4.74 Å². The molecule has 8 heteroatoms. The van der Waals surface area contributed by atoms with Crippen LogP contribution in [0.4, 0.5) is 5.69 Å². The second-order valence-electron chi connectivity index (χ2n) is 6.88. The predicted octanol–water partition coefficient (Wildman–Crippen LogP) is 2.07. The van der Waals surface area contributed by atoms with Gasteiger partial charge < -0.3 is 4.74 Å². The van der Waals surface area contributed by atoms with Gasteiger partial charge in [-0.05, 0) is 24.6 Å². The van der Waals surface area contributed by atoms with Crippen molar-refractivity contribution in [1.82, 2.24) is 9.55 Å². The molecule has 3 heterocycles. The first kappa shape index (κ1) is 18.5. The molecule has 1 fully saturated rings. The largest absolute Gasteiger partial charge is 0.492 e. The molecule has 0 N–H and O–H groups in total. The minimum absolute atomic E-state index is 0.197. The SMILES string of the molecule is COc1cc(N2CCCS2(=O)=O)ccc1-n1cc(C)[n+](Cc2cccnc2)c1. The van der Waals surface area contributed by atoms with E-state index >= 15 is 0 Å². The second-order valence-corrected chi connectivity index (χ2v) is 8.89. The summed E-state index contributed by atoms with van der Waals surface area (Å²) in [6.07, 6.45) is 8.30. The number of aryl methyl sites for hydroxylation is 1. The Morgan fingerprint density at radius 2 is 2.14 bits per heavy atom. The van der Waals surface area contributed by atoms with Crippen molar-refractivity contribution in [3.8, 4) is 11.4 Å². The van der Waals surface area contributed by atoms with E-state index in [0.29, 0.717) is 24.4 Å². The summed E-state index contributed by atoms with van der Waals surface area (Å²) in [6.45, 7) is 3.28. The van der Waals surface area contributed by atoms with E-state index in [1.54, 1.807) is 19.4 Å². The van der Waals surface area contributed by atoms with Gasteiger partial charge in [0.2, 0.25) is 16.4 Å². The van der Waals surface area contributed by atoms with Crippen molar-refractivity contribution in [2.45, 2.75) is 19.9 Å². The predicted molar refractivity (Wildman–Crippen MR) is 106 cm³/mol. The van der Waals surface area contributed by atoms with E-state index in [2.05, 4.69) is 9.55 Å². The molecule has 146 valence electrons. The molecule has 0 amide bonds. The molecular weight excluding hydrogens is 376 g/mol. The van der Waals surface area contributed by atoms with E-state index in [9.17, 15) is 8.42 Å². The standard InChI is InChI=1S/C20H23N4O3S/c1-16-13-23(15-22(16)14-17-5-3-8-21-12-17)19-7-6-18(11-20(19)27-2)24-9-4-10-28(24,25)26/h3,5-8,11-13,15H,4,9-10,14H2,1-2H3/q+1. The molecule has 3 aromatic rings. The van der Waals surface area contributed by atoms with Gasteiger partial charge in [-0.3, -0.25) is 9.29 Å². The van der Waals surface area contributed by atoms with Gasteiger partial charge in [-0.1, -0.05) is 6.07 Å². The van der Waals surface area contributed by atoms with Crippen LogP contribution in [0.2, 0.25) is 0 Å². The molecule has 0 aliphatic carbocycles. The molecule has 1 aliphatic heterocycles. The lowest BCUT2D eigenvalue weighted by atomic mass is 10.2. The minimum Gasteiger partial charge on any atom is -0.492 e. The number of pyridine rings is 1. The number of benzene rings is 1. The van der Waals surface area contributed by atoms with Crippen LogP contribution in [0.25, 0.3) is 5.69 Å². The monoisotopic (exact) mass is 399 g/mol. The van der Waals surface area contributed by atoms with Crippen molar-refractivity contribution >= 4 is 15.7 Å². The topological polar surface area (TPSA) is 68.3 Å². The number of hydrogen-bond acceptors (Lipinski definition) is 4. The van der Waals surface area contributed by atoms with Crippen molar-refractivity contribution in [3.63, 3.8) is 0 Å². The number of ether oxygens (including phenoxy) is 1. The highest BCUT2D eigenvalue weighted by atomic mass is 32.2. The first-order valence-electron chi connectivity index (χ1n) is 9.14. The molecule has 0 atom stereocenters. The van der Waals surface area contributed by atoms with Gasteiger partial charge in [0.05, 0.1) is 18.6 Å². The smallest absolute Gasteiger partial charge is 0.249 e. The zero-order chi connectivity index (χ0) is 19.7. The van der Waals surface area contributed by atoms with Crippen LogP contribution in [-0.4, -0.2) is 37.4 Å². The molecule has 0 unspecified atom stereocenters. The second kappa shape index (κ2) is 7.27. The molecule has 0 bridgehead atoms. The van der Waals surface area contributed by atoms with Crippen LogP contribution in [0.5, 0.6) is 5.75 Å². The molecule has 0 saturated carbocycles. The summed E-state index contributed by atoms with van der Waals surface area (Å²) in [5.41, 5.74) is 3.72. The maximum atomic E-state index is 12.2. The molecule has 28 heavy (non-hydrogen) atoms. The highest BCUT2D eigenvalue weighted by Crippen LogP contribution is 2.31. The molecule has 0 spiro atoms. The minimum atomic E-state index is -3.22. The summed E-state index contributed by atoms with van der Waals surface area (Å²) in [4.78, 5) is 4.17. The van der Waals surface area contributed by atoms with E-state index in [0.717, 1.165) is 23.5 Å². The third-order valence-corrected chi connectivity index (χ3v) is 6.82. The Bertz CT molecular complexity index is 1090. The molecule has 1 aliphatic rings. The van der Waals surface area contributed by atoms with Crippen LogP contribution in [0, 0.1) is 6.92 Å². The first-order chi connectivity index (χ1) is 13.5.